The summed E-state index contributed by atoms with van der Waals surface area (Å²) in [6, 6.07) is 18.5. The normalized spacial score (nSPS) is 10.9. The SMILES string of the molecule is COc1ccc(C)cc1NC(=O)c1c(C)c(-c2ccc(Cl)cc2Cl)nc2ccccc12. The number of aromatic nitrogens is 1. The van der Waals surface area contributed by atoms with Crippen molar-refractivity contribution in [3.05, 3.63) is 87.4 Å². The first-order chi connectivity index (χ1) is 14.9. The van der Waals surface area contributed by atoms with Crippen LogP contribution in [0.4, 0.5) is 5.69 Å². The van der Waals surface area contributed by atoms with E-state index in [1.807, 2.05) is 62.4 Å². The van der Waals surface area contributed by atoms with E-state index in [1.165, 1.54) is 0 Å². The lowest BCUT2D eigenvalue weighted by atomic mass is 9.97. The van der Waals surface area contributed by atoms with Crippen LogP contribution in [-0.4, -0.2) is 18.0 Å². The molecular weight excluding hydrogens is 431 g/mol. The third-order valence-electron chi connectivity index (χ3n) is 5.15. The first-order valence-corrected chi connectivity index (χ1v) is 10.5. The summed E-state index contributed by atoms with van der Waals surface area (Å²) >= 11 is 12.5. The number of hydrogen-bond donors (Lipinski definition) is 1. The van der Waals surface area contributed by atoms with Crippen LogP contribution in [0.3, 0.4) is 0 Å². The number of carbonyl (C=O) groups is 1. The molecule has 0 saturated carbocycles. The van der Waals surface area contributed by atoms with Crippen molar-refractivity contribution in [2.24, 2.45) is 0 Å². The Morgan fingerprint density at radius 2 is 1.77 bits per heavy atom. The molecule has 0 spiro atoms. The summed E-state index contributed by atoms with van der Waals surface area (Å²) < 4.78 is 5.42. The van der Waals surface area contributed by atoms with Crippen LogP contribution in [0.5, 0.6) is 5.75 Å². The van der Waals surface area contributed by atoms with Crippen molar-refractivity contribution >= 4 is 45.7 Å². The van der Waals surface area contributed by atoms with Gasteiger partial charge in [-0.15, -0.1) is 0 Å². The van der Waals surface area contributed by atoms with Gasteiger partial charge in [-0.1, -0.05) is 47.5 Å². The number of hydrogen-bond acceptors (Lipinski definition) is 3. The highest BCUT2D eigenvalue weighted by molar-refractivity contribution is 6.36. The summed E-state index contributed by atoms with van der Waals surface area (Å²) in [4.78, 5) is 18.3. The predicted octanol–water partition coefficient (Wildman–Crippen LogP) is 7.09. The summed E-state index contributed by atoms with van der Waals surface area (Å²) in [5, 5.41) is 4.79. The Hall–Kier alpha value is -3.08. The highest BCUT2D eigenvalue weighted by atomic mass is 35.5. The quantitative estimate of drug-likeness (QED) is 0.361. The number of rotatable bonds is 4. The third-order valence-corrected chi connectivity index (χ3v) is 5.70. The summed E-state index contributed by atoms with van der Waals surface area (Å²) in [6.07, 6.45) is 0. The second-order valence-corrected chi connectivity index (χ2v) is 8.10. The second kappa shape index (κ2) is 8.58. The van der Waals surface area contributed by atoms with Gasteiger partial charge in [-0.3, -0.25) is 4.79 Å². The van der Waals surface area contributed by atoms with E-state index in [1.54, 1.807) is 19.2 Å². The number of pyridine rings is 1. The summed E-state index contributed by atoms with van der Waals surface area (Å²) in [6.45, 7) is 3.84. The molecule has 1 aromatic heterocycles. The van der Waals surface area contributed by atoms with E-state index in [9.17, 15) is 4.79 Å². The molecule has 1 N–H and O–H groups in total. The van der Waals surface area contributed by atoms with Crippen LogP contribution in [0, 0.1) is 13.8 Å². The van der Waals surface area contributed by atoms with Crippen LogP contribution in [-0.2, 0) is 0 Å². The Morgan fingerprint density at radius 1 is 1.00 bits per heavy atom. The number of aryl methyl sites for hydroxylation is 1. The third kappa shape index (κ3) is 4.09. The number of methoxy groups -OCH3 is 1. The van der Waals surface area contributed by atoms with Crippen molar-refractivity contribution in [1.29, 1.82) is 0 Å². The summed E-state index contributed by atoms with van der Waals surface area (Å²) in [7, 11) is 1.58. The highest BCUT2D eigenvalue weighted by Crippen LogP contribution is 2.35. The zero-order valence-electron chi connectivity index (χ0n) is 17.3. The second-order valence-electron chi connectivity index (χ2n) is 7.26. The minimum Gasteiger partial charge on any atom is -0.495 e. The van der Waals surface area contributed by atoms with E-state index in [0.717, 1.165) is 22.1 Å². The van der Waals surface area contributed by atoms with E-state index in [4.69, 9.17) is 32.9 Å². The molecule has 0 bridgehead atoms. The molecule has 0 saturated heterocycles. The molecule has 3 aromatic carbocycles. The first-order valence-electron chi connectivity index (χ1n) is 9.70. The highest BCUT2D eigenvalue weighted by Gasteiger charge is 2.21. The molecule has 4 rings (SSSR count). The number of anilines is 1. The number of amides is 1. The monoisotopic (exact) mass is 450 g/mol. The maximum absolute atomic E-state index is 13.5. The number of ether oxygens (including phenoxy) is 1. The van der Waals surface area contributed by atoms with Gasteiger partial charge in [0.2, 0.25) is 0 Å². The van der Waals surface area contributed by atoms with Crippen molar-refractivity contribution in [3.8, 4) is 17.0 Å². The Bertz CT molecular complexity index is 1320. The van der Waals surface area contributed by atoms with Gasteiger partial charge in [0.05, 0.1) is 34.6 Å². The molecular formula is C25H20Cl2N2O2. The van der Waals surface area contributed by atoms with Crippen molar-refractivity contribution in [3.63, 3.8) is 0 Å². The van der Waals surface area contributed by atoms with E-state index in [0.29, 0.717) is 38.3 Å². The lowest BCUT2D eigenvalue weighted by molar-refractivity contribution is 0.102. The molecule has 4 nitrogen and oxygen atoms in total. The van der Waals surface area contributed by atoms with Crippen molar-refractivity contribution in [2.45, 2.75) is 13.8 Å². The average Bonchev–Trinajstić information content (AvgIpc) is 2.74. The van der Waals surface area contributed by atoms with Crippen molar-refractivity contribution in [2.75, 3.05) is 12.4 Å². The molecule has 4 aromatic rings. The first kappa shape index (κ1) is 21.2. The molecule has 0 atom stereocenters. The number of benzene rings is 3. The summed E-state index contributed by atoms with van der Waals surface area (Å²) in [5.41, 5.74) is 4.95. The number of nitrogens with zero attached hydrogens (tertiary/aromatic N) is 1. The van der Waals surface area contributed by atoms with Gasteiger partial charge in [-0.2, -0.15) is 0 Å². The molecule has 156 valence electrons. The summed E-state index contributed by atoms with van der Waals surface area (Å²) in [5.74, 6) is 0.349. The Kier molecular flexibility index (Phi) is 5.86. The van der Waals surface area contributed by atoms with Gasteiger partial charge in [-0.05, 0) is 61.4 Å². The van der Waals surface area contributed by atoms with Gasteiger partial charge < -0.3 is 10.1 Å². The minimum atomic E-state index is -0.244. The fraction of sp³-hybridized carbons (Fsp3) is 0.120. The molecule has 1 heterocycles. The van der Waals surface area contributed by atoms with Crippen LogP contribution >= 0.6 is 23.2 Å². The average molecular weight is 451 g/mol. The topological polar surface area (TPSA) is 51.2 Å². The Morgan fingerprint density at radius 3 is 2.52 bits per heavy atom. The van der Waals surface area contributed by atoms with Gasteiger partial charge >= 0.3 is 0 Å². The van der Waals surface area contributed by atoms with Gasteiger partial charge in [0.1, 0.15) is 5.75 Å². The van der Waals surface area contributed by atoms with Crippen LogP contribution in [0.2, 0.25) is 10.0 Å². The van der Waals surface area contributed by atoms with Crippen LogP contribution in [0.1, 0.15) is 21.5 Å². The maximum Gasteiger partial charge on any atom is 0.256 e. The molecule has 0 unspecified atom stereocenters. The predicted molar refractivity (Wildman–Crippen MR) is 128 cm³/mol. The van der Waals surface area contributed by atoms with Crippen molar-refractivity contribution in [1.82, 2.24) is 4.98 Å². The lowest BCUT2D eigenvalue weighted by Crippen LogP contribution is -2.16. The maximum atomic E-state index is 13.5. The fourth-order valence-electron chi connectivity index (χ4n) is 3.65. The Labute approximate surface area is 190 Å². The van der Waals surface area contributed by atoms with E-state index in [-0.39, 0.29) is 5.91 Å². The van der Waals surface area contributed by atoms with Gasteiger partial charge in [0, 0.05) is 16.0 Å². The van der Waals surface area contributed by atoms with E-state index >= 15 is 0 Å². The molecule has 0 aliphatic heterocycles. The molecule has 0 fully saturated rings. The largest absolute Gasteiger partial charge is 0.495 e. The molecule has 1 amide bonds. The molecule has 0 radical (unpaired) electrons. The van der Waals surface area contributed by atoms with Crippen molar-refractivity contribution < 1.29 is 9.53 Å². The molecule has 0 aliphatic carbocycles. The standard InChI is InChI=1S/C25H20Cl2N2O2/c1-14-8-11-22(31-3)21(12-14)29-25(30)23-15(2)24(17-10-9-16(26)13-19(17)27)28-20-7-5-4-6-18(20)23/h4-13H,1-3H3,(H,29,30). The molecule has 6 heteroatoms. The van der Waals surface area contributed by atoms with Gasteiger partial charge in [-0.25, -0.2) is 4.98 Å². The van der Waals surface area contributed by atoms with E-state index in [2.05, 4.69) is 5.32 Å². The van der Waals surface area contributed by atoms with Gasteiger partial charge in [0.25, 0.3) is 5.91 Å². The number of para-hydroxylation sites is 1. The number of carbonyl (C=O) groups excluding carboxylic acids is 1. The van der Waals surface area contributed by atoms with Crippen LogP contribution in [0.15, 0.2) is 60.7 Å². The lowest BCUT2D eigenvalue weighted by Gasteiger charge is -2.17. The zero-order valence-corrected chi connectivity index (χ0v) is 18.8. The fourth-order valence-corrected chi connectivity index (χ4v) is 4.15. The molecule has 31 heavy (non-hydrogen) atoms. The van der Waals surface area contributed by atoms with Crippen LogP contribution < -0.4 is 10.1 Å². The minimum absolute atomic E-state index is 0.244. The van der Waals surface area contributed by atoms with Crippen LogP contribution in [0.25, 0.3) is 22.2 Å². The Balaban J connectivity index is 1.90. The number of halogens is 2. The number of nitrogens with one attached hydrogen (secondary N) is 1. The van der Waals surface area contributed by atoms with Gasteiger partial charge in [0.15, 0.2) is 0 Å². The smallest absolute Gasteiger partial charge is 0.256 e. The number of fused-ring (bicyclic) bond motifs is 1. The molecule has 0 aliphatic rings. The van der Waals surface area contributed by atoms with E-state index < -0.39 is 0 Å². The zero-order chi connectivity index (χ0) is 22.1.